The van der Waals surface area contributed by atoms with Crippen molar-refractivity contribution in [1.82, 2.24) is 10.2 Å². The van der Waals surface area contributed by atoms with Crippen LogP contribution in [0.2, 0.25) is 0 Å². The molecule has 2 atom stereocenters. The number of hydrogen-bond acceptors (Lipinski definition) is 4. The van der Waals surface area contributed by atoms with Crippen LogP contribution in [-0.4, -0.2) is 62.0 Å². The molecule has 0 spiro atoms. The van der Waals surface area contributed by atoms with Crippen molar-refractivity contribution in [1.29, 1.82) is 0 Å². The second-order valence-electron chi connectivity index (χ2n) is 5.53. The molecule has 0 aliphatic carbocycles. The number of aliphatic hydroxyl groups excluding tert-OH is 1. The highest BCUT2D eigenvalue weighted by Gasteiger charge is 2.26. The Bertz CT molecular complexity index is 202. The summed E-state index contributed by atoms with van der Waals surface area (Å²) in [4.78, 5) is 2.33. The van der Waals surface area contributed by atoms with Crippen molar-refractivity contribution in [3.8, 4) is 0 Å². The van der Waals surface area contributed by atoms with E-state index in [1.165, 1.54) is 0 Å². The van der Waals surface area contributed by atoms with E-state index in [0.29, 0.717) is 6.04 Å². The zero-order chi connectivity index (χ0) is 14.0. The molecule has 0 aliphatic rings. The number of methoxy groups -OCH3 is 1. The van der Waals surface area contributed by atoms with Crippen LogP contribution in [0.3, 0.4) is 0 Å². The van der Waals surface area contributed by atoms with Crippen LogP contribution < -0.4 is 5.32 Å². The van der Waals surface area contributed by atoms with Crippen molar-refractivity contribution in [2.24, 2.45) is 0 Å². The van der Waals surface area contributed by atoms with E-state index in [4.69, 9.17) is 4.74 Å². The molecule has 0 aromatic heterocycles. The lowest BCUT2D eigenvalue weighted by atomic mass is 9.93. The molecule has 2 N–H and O–H groups in total. The molecule has 0 rings (SSSR count). The average molecular weight is 260 g/mol. The molecule has 18 heavy (non-hydrogen) atoms. The van der Waals surface area contributed by atoms with Gasteiger partial charge in [-0.05, 0) is 46.7 Å². The summed E-state index contributed by atoms with van der Waals surface area (Å²) >= 11 is 0. The quantitative estimate of drug-likeness (QED) is 0.552. The Morgan fingerprint density at radius 2 is 2.11 bits per heavy atom. The summed E-state index contributed by atoms with van der Waals surface area (Å²) in [6, 6.07) is 0.448. The minimum absolute atomic E-state index is 0.176. The molecule has 0 radical (unpaired) electrons. The Kier molecular flexibility index (Phi) is 9.64. The van der Waals surface area contributed by atoms with Crippen LogP contribution >= 0.6 is 0 Å². The summed E-state index contributed by atoms with van der Waals surface area (Å²) in [7, 11) is 3.87. The monoisotopic (exact) mass is 260 g/mol. The molecular formula is C14H32N2O2. The van der Waals surface area contributed by atoms with Crippen molar-refractivity contribution < 1.29 is 9.84 Å². The van der Waals surface area contributed by atoms with Crippen LogP contribution in [-0.2, 0) is 4.74 Å². The van der Waals surface area contributed by atoms with Crippen molar-refractivity contribution >= 4 is 0 Å². The SMILES string of the molecule is CCCNC(C)(CO)CC(C)N(C)CCCOC. The lowest BCUT2D eigenvalue weighted by molar-refractivity contribution is 0.118. The fourth-order valence-electron chi connectivity index (χ4n) is 2.11. The number of aliphatic hydroxyl groups is 1. The highest BCUT2D eigenvalue weighted by molar-refractivity contribution is 4.86. The second kappa shape index (κ2) is 9.73. The lowest BCUT2D eigenvalue weighted by Crippen LogP contribution is -2.50. The fraction of sp³-hybridized carbons (Fsp3) is 1.00. The first kappa shape index (κ1) is 17.8. The van der Waals surface area contributed by atoms with Gasteiger partial charge in [0.15, 0.2) is 0 Å². The van der Waals surface area contributed by atoms with E-state index in [9.17, 15) is 5.11 Å². The maximum absolute atomic E-state index is 9.56. The van der Waals surface area contributed by atoms with E-state index in [0.717, 1.165) is 39.0 Å². The minimum Gasteiger partial charge on any atom is -0.394 e. The first-order valence-electron chi connectivity index (χ1n) is 7.04. The number of rotatable bonds is 11. The molecule has 0 aromatic carbocycles. The van der Waals surface area contributed by atoms with E-state index in [-0.39, 0.29) is 12.1 Å². The summed E-state index contributed by atoms with van der Waals surface area (Å²) in [6.45, 7) is 9.44. The van der Waals surface area contributed by atoms with E-state index in [2.05, 4.69) is 38.0 Å². The molecule has 110 valence electrons. The van der Waals surface area contributed by atoms with Gasteiger partial charge in [-0.15, -0.1) is 0 Å². The molecule has 0 amide bonds. The van der Waals surface area contributed by atoms with Crippen molar-refractivity contribution in [2.45, 2.75) is 51.6 Å². The molecule has 0 heterocycles. The smallest absolute Gasteiger partial charge is 0.0611 e. The zero-order valence-electron chi connectivity index (χ0n) is 12.8. The van der Waals surface area contributed by atoms with Gasteiger partial charge in [-0.25, -0.2) is 0 Å². The van der Waals surface area contributed by atoms with Crippen LogP contribution in [0.15, 0.2) is 0 Å². The third-order valence-electron chi connectivity index (χ3n) is 3.51. The van der Waals surface area contributed by atoms with Gasteiger partial charge in [0.25, 0.3) is 0 Å². The van der Waals surface area contributed by atoms with E-state index in [1.54, 1.807) is 7.11 Å². The highest BCUT2D eigenvalue weighted by Crippen LogP contribution is 2.15. The number of nitrogens with one attached hydrogen (secondary N) is 1. The Labute approximate surface area is 113 Å². The molecule has 0 aromatic rings. The van der Waals surface area contributed by atoms with Crippen LogP contribution in [0, 0.1) is 0 Å². The van der Waals surface area contributed by atoms with E-state index in [1.807, 2.05) is 0 Å². The molecule has 0 bridgehead atoms. The van der Waals surface area contributed by atoms with Gasteiger partial charge in [0.2, 0.25) is 0 Å². The molecule has 0 aliphatic heterocycles. The zero-order valence-corrected chi connectivity index (χ0v) is 12.8. The lowest BCUT2D eigenvalue weighted by Gasteiger charge is -2.35. The third-order valence-corrected chi connectivity index (χ3v) is 3.51. The summed E-state index contributed by atoms with van der Waals surface area (Å²) in [5.41, 5.74) is -0.176. The third kappa shape index (κ3) is 7.31. The van der Waals surface area contributed by atoms with Gasteiger partial charge in [-0.2, -0.15) is 0 Å². The van der Waals surface area contributed by atoms with Gasteiger partial charge >= 0.3 is 0 Å². The van der Waals surface area contributed by atoms with Gasteiger partial charge in [0, 0.05) is 31.8 Å². The predicted molar refractivity (Wildman–Crippen MR) is 77.0 cm³/mol. The van der Waals surface area contributed by atoms with Crippen LogP contribution in [0.1, 0.15) is 40.0 Å². The second-order valence-corrected chi connectivity index (χ2v) is 5.53. The molecule has 4 nitrogen and oxygen atoms in total. The minimum atomic E-state index is -0.176. The van der Waals surface area contributed by atoms with Gasteiger partial charge in [0.1, 0.15) is 0 Å². The largest absolute Gasteiger partial charge is 0.394 e. The van der Waals surface area contributed by atoms with Crippen LogP contribution in [0.4, 0.5) is 0 Å². The van der Waals surface area contributed by atoms with Gasteiger partial charge in [-0.3, -0.25) is 0 Å². The van der Waals surface area contributed by atoms with Crippen molar-refractivity contribution in [2.75, 3.05) is 40.5 Å². The Morgan fingerprint density at radius 3 is 2.61 bits per heavy atom. The summed E-state index contributed by atoms with van der Waals surface area (Å²) < 4.78 is 5.07. The molecule has 4 heteroatoms. The van der Waals surface area contributed by atoms with Crippen molar-refractivity contribution in [3.05, 3.63) is 0 Å². The molecule has 0 saturated carbocycles. The topological polar surface area (TPSA) is 44.7 Å². The van der Waals surface area contributed by atoms with Gasteiger partial charge in [-0.1, -0.05) is 6.92 Å². The highest BCUT2D eigenvalue weighted by atomic mass is 16.5. The normalized spacial score (nSPS) is 16.8. The number of nitrogens with zero attached hydrogens (tertiary/aromatic N) is 1. The standard InChI is InChI=1S/C14H32N2O2/c1-6-8-15-14(3,12-17)11-13(2)16(4)9-7-10-18-5/h13,15,17H,6-12H2,1-5H3. The van der Waals surface area contributed by atoms with E-state index < -0.39 is 0 Å². The van der Waals surface area contributed by atoms with Crippen molar-refractivity contribution in [3.63, 3.8) is 0 Å². The summed E-state index contributed by atoms with van der Waals surface area (Å²) in [5, 5.41) is 13.0. The first-order chi connectivity index (χ1) is 8.49. The molecular weight excluding hydrogens is 228 g/mol. The Morgan fingerprint density at radius 1 is 1.44 bits per heavy atom. The fourth-order valence-corrected chi connectivity index (χ4v) is 2.11. The number of ether oxygens (including phenoxy) is 1. The first-order valence-corrected chi connectivity index (χ1v) is 7.04. The summed E-state index contributed by atoms with van der Waals surface area (Å²) in [5.74, 6) is 0. The predicted octanol–water partition coefficient (Wildman–Crippen LogP) is 1.48. The molecule has 2 unspecified atom stereocenters. The van der Waals surface area contributed by atoms with Gasteiger partial charge in [0.05, 0.1) is 6.61 Å². The van der Waals surface area contributed by atoms with Crippen LogP contribution in [0.25, 0.3) is 0 Å². The average Bonchev–Trinajstić information content (AvgIpc) is 2.36. The maximum Gasteiger partial charge on any atom is 0.0611 e. The Balaban J connectivity index is 4.11. The number of hydrogen-bond donors (Lipinski definition) is 2. The van der Waals surface area contributed by atoms with Gasteiger partial charge < -0.3 is 20.1 Å². The molecule has 0 fully saturated rings. The van der Waals surface area contributed by atoms with Crippen LogP contribution in [0.5, 0.6) is 0 Å². The maximum atomic E-state index is 9.56. The molecule has 0 saturated heterocycles. The van der Waals surface area contributed by atoms with E-state index >= 15 is 0 Å². The summed E-state index contributed by atoms with van der Waals surface area (Å²) in [6.07, 6.45) is 3.09. The Hall–Kier alpha value is -0.160.